The van der Waals surface area contributed by atoms with Crippen LogP contribution in [0.4, 0.5) is 5.13 Å². The highest BCUT2D eigenvalue weighted by molar-refractivity contribution is 8.01. The number of amides is 2. The monoisotopic (exact) mass is 569 g/mol. The van der Waals surface area contributed by atoms with E-state index in [1.54, 1.807) is 13.4 Å². The Morgan fingerprint density at radius 2 is 2.22 bits per heavy atom. The van der Waals surface area contributed by atoms with E-state index < -0.39 is 29.2 Å². The quantitative estimate of drug-likeness (QED) is 0.0984. The van der Waals surface area contributed by atoms with Gasteiger partial charge in [0.25, 0.3) is 11.8 Å². The zero-order valence-electron chi connectivity index (χ0n) is 19.7. The number of carbonyl (C=O) groups excluding carboxylic acids is 2. The van der Waals surface area contributed by atoms with Crippen LogP contribution in [0.15, 0.2) is 27.9 Å². The second-order valence-electron chi connectivity index (χ2n) is 7.64. The van der Waals surface area contributed by atoms with Gasteiger partial charge in [0.05, 0.1) is 0 Å². The van der Waals surface area contributed by atoms with E-state index in [-0.39, 0.29) is 22.4 Å². The van der Waals surface area contributed by atoms with Gasteiger partial charge in [-0.15, -0.1) is 22.0 Å². The summed E-state index contributed by atoms with van der Waals surface area (Å²) < 4.78 is 10.9. The highest BCUT2D eigenvalue weighted by Gasteiger charge is 2.54. The van der Waals surface area contributed by atoms with E-state index in [9.17, 15) is 19.5 Å². The molecule has 4 N–H and O–H groups in total. The van der Waals surface area contributed by atoms with E-state index in [1.165, 1.54) is 35.5 Å². The van der Waals surface area contributed by atoms with E-state index >= 15 is 0 Å². The molecule has 2 aromatic heterocycles. The molecule has 0 aromatic carbocycles. The lowest BCUT2D eigenvalue weighted by Gasteiger charge is -2.49. The van der Waals surface area contributed by atoms with Gasteiger partial charge in [0.1, 0.15) is 30.5 Å². The molecule has 4 rings (SSSR count). The Balaban J connectivity index is 1.45. The molecule has 2 atom stereocenters. The van der Waals surface area contributed by atoms with Crippen LogP contribution >= 0.6 is 35.1 Å². The summed E-state index contributed by atoms with van der Waals surface area (Å²) in [6, 6.07) is -0.956. The topological polar surface area (TPSA) is 200 Å². The number of hydrogen-bond donors (Lipinski definition) is 3. The largest absolute Gasteiger partial charge is 0.477 e. The lowest BCUT2D eigenvalue weighted by Crippen LogP contribution is -2.71. The van der Waals surface area contributed by atoms with Crippen LogP contribution in [0.5, 0.6) is 0 Å². The van der Waals surface area contributed by atoms with Crippen LogP contribution in [-0.2, 0) is 30.5 Å². The van der Waals surface area contributed by atoms with E-state index in [0.29, 0.717) is 35.4 Å². The number of nitrogens with zero attached hydrogens (tertiary/aromatic N) is 7. The molecule has 2 aromatic rings. The van der Waals surface area contributed by atoms with Gasteiger partial charge in [0, 0.05) is 43.3 Å². The number of hydrogen-bond acceptors (Lipinski definition) is 14. The number of aromatic nitrogens is 5. The van der Waals surface area contributed by atoms with E-state index in [4.69, 9.17) is 15.3 Å². The number of rotatable bonds is 12. The molecule has 1 unspecified atom stereocenters. The van der Waals surface area contributed by atoms with Crippen molar-refractivity contribution >= 4 is 63.7 Å². The number of aliphatic carboxylic acids is 1. The first-order valence-electron chi connectivity index (χ1n) is 10.8. The number of carboxylic acid groups (broad SMARTS) is 1. The van der Waals surface area contributed by atoms with Crippen molar-refractivity contribution in [3.63, 3.8) is 0 Å². The molecule has 2 aliphatic heterocycles. The molecule has 15 nitrogen and oxygen atoms in total. The number of methoxy groups -OCH3 is 1. The van der Waals surface area contributed by atoms with Gasteiger partial charge in [-0.3, -0.25) is 14.5 Å². The van der Waals surface area contributed by atoms with Gasteiger partial charge in [-0.05, 0) is 12.0 Å². The van der Waals surface area contributed by atoms with Crippen molar-refractivity contribution in [1.29, 1.82) is 0 Å². The van der Waals surface area contributed by atoms with Crippen molar-refractivity contribution in [1.82, 2.24) is 34.3 Å². The second kappa shape index (κ2) is 11.9. The molecule has 1 fully saturated rings. The van der Waals surface area contributed by atoms with E-state index in [1.807, 2.05) is 4.57 Å². The highest BCUT2D eigenvalue weighted by Crippen LogP contribution is 2.41. The zero-order chi connectivity index (χ0) is 26.5. The number of β-lactam (4-membered cyclic amide) rings is 1. The first-order chi connectivity index (χ1) is 17.8. The molecule has 1 saturated heterocycles. The van der Waals surface area contributed by atoms with Gasteiger partial charge in [-0.1, -0.05) is 16.9 Å². The number of nitrogen functional groups attached to an aromatic ring is 1. The first-order valence-corrected chi connectivity index (χ1v) is 13.6. The second-order valence-corrected chi connectivity index (χ2v) is 10.5. The van der Waals surface area contributed by atoms with Gasteiger partial charge >= 0.3 is 5.97 Å². The molecule has 0 saturated carbocycles. The molecule has 2 amide bonds. The Morgan fingerprint density at radius 3 is 2.89 bits per heavy atom. The van der Waals surface area contributed by atoms with Crippen LogP contribution in [-0.4, -0.2) is 101 Å². The summed E-state index contributed by atoms with van der Waals surface area (Å²) in [6.45, 7) is 1.25. The van der Waals surface area contributed by atoms with Crippen molar-refractivity contribution in [2.75, 3.05) is 38.1 Å². The minimum Gasteiger partial charge on any atom is -0.477 e. The van der Waals surface area contributed by atoms with E-state index in [0.717, 1.165) is 18.0 Å². The maximum absolute atomic E-state index is 13.0. The summed E-state index contributed by atoms with van der Waals surface area (Å²) in [4.78, 5) is 47.8. The van der Waals surface area contributed by atoms with E-state index in [2.05, 4.69) is 30.0 Å². The van der Waals surface area contributed by atoms with Crippen molar-refractivity contribution in [3.05, 3.63) is 23.4 Å². The lowest BCUT2D eigenvalue weighted by atomic mass is 10.0. The number of nitrogens with two attached hydrogens (primary N) is 1. The van der Waals surface area contributed by atoms with Crippen LogP contribution in [0.1, 0.15) is 12.2 Å². The normalized spacial score (nSPS) is 19.5. The Morgan fingerprint density at radius 1 is 1.41 bits per heavy atom. The van der Waals surface area contributed by atoms with Crippen molar-refractivity contribution in [2.24, 2.45) is 5.16 Å². The third-order valence-corrected chi connectivity index (χ3v) is 8.24. The van der Waals surface area contributed by atoms with Crippen LogP contribution < -0.4 is 11.1 Å². The minimum atomic E-state index is -1.22. The fourth-order valence-electron chi connectivity index (χ4n) is 3.65. The molecule has 37 heavy (non-hydrogen) atoms. The molecule has 198 valence electrons. The zero-order valence-corrected chi connectivity index (χ0v) is 22.1. The van der Waals surface area contributed by atoms with Crippen molar-refractivity contribution in [2.45, 2.75) is 29.5 Å². The average molecular weight is 570 g/mol. The number of nitrogens with one attached hydrogen (secondary N) is 1. The van der Waals surface area contributed by atoms with Gasteiger partial charge in [0.15, 0.2) is 10.3 Å². The molecule has 0 bridgehead atoms. The summed E-state index contributed by atoms with van der Waals surface area (Å²) in [6.07, 6.45) is 2.39. The predicted molar refractivity (Wildman–Crippen MR) is 135 cm³/mol. The molecule has 2 aliphatic rings. The molecule has 0 aliphatic carbocycles. The summed E-state index contributed by atoms with van der Waals surface area (Å²) in [5, 5.41) is 24.4. The number of ether oxygens (including phenoxy) is 1. The fourth-order valence-corrected chi connectivity index (χ4v) is 6.51. The van der Waals surface area contributed by atoms with Gasteiger partial charge in [-0.2, -0.15) is 9.36 Å². The first kappa shape index (κ1) is 26.8. The highest BCUT2D eigenvalue weighted by atomic mass is 32.2. The summed E-state index contributed by atoms with van der Waals surface area (Å²) in [5.41, 5.74) is 5.83. The van der Waals surface area contributed by atoms with Crippen LogP contribution in [0, 0.1) is 0 Å². The predicted octanol–water partition coefficient (Wildman–Crippen LogP) is -0.370. The standard InChI is InChI=1S/C19H23N9O6S3/c1-33-5-3-4-27-8-21-24-19(27)36-7-9-6-35-16-11(15(30)28(16)12(9)17(31)32)22-14(29)10(25-34-2)13-23-18(20)37-26-13/h8,11,16H,3-7H2,1-2H3,(H,22,29)(H,31,32)(H2,20,23,26)/t11?,16-/m1/s1. The molecular weight excluding hydrogens is 546 g/mol. The third kappa shape index (κ3) is 5.71. The number of carboxylic acids is 1. The van der Waals surface area contributed by atoms with Crippen LogP contribution in [0.3, 0.4) is 0 Å². The molecule has 0 spiro atoms. The van der Waals surface area contributed by atoms with Crippen molar-refractivity contribution < 1.29 is 29.1 Å². The molecule has 0 radical (unpaired) electrons. The minimum absolute atomic E-state index is 0.0396. The Hall–Kier alpha value is -3.22. The number of aryl methyl sites for hydroxylation is 1. The summed E-state index contributed by atoms with van der Waals surface area (Å²) in [5.74, 6) is -1.88. The van der Waals surface area contributed by atoms with Crippen molar-refractivity contribution in [3.8, 4) is 0 Å². The number of thioether (sulfide) groups is 2. The average Bonchev–Trinajstić information content (AvgIpc) is 3.52. The number of anilines is 1. The van der Waals surface area contributed by atoms with Crippen LogP contribution in [0.2, 0.25) is 0 Å². The fraction of sp³-hybridized carbons (Fsp3) is 0.474. The van der Waals surface area contributed by atoms with Crippen LogP contribution in [0.25, 0.3) is 0 Å². The maximum Gasteiger partial charge on any atom is 0.352 e. The number of oxime groups is 1. The summed E-state index contributed by atoms with van der Waals surface area (Å²) in [7, 11) is 2.88. The van der Waals surface area contributed by atoms with Gasteiger partial charge < -0.3 is 30.3 Å². The number of fused-ring (bicyclic) bond motifs is 1. The molecule has 18 heteroatoms. The molecular formula is C19H23N9O6S3. The number of carbonyl (C=O) groups is 3. The lowest BCUT2D eigenvalue weighted by molar-refractivity contribution is -0.150. The Labute approximate surface area is 223 Å². The SMILES string of the molecule is COCCCn1cnnc1SCC1=C(C(=O)O)N2C(=O)C(NC(=O)C(=NOC)c3nsc(N)n3)[C@H]2SC1. The van der Waals surface area contributed by atoms with Gasteiger partial charge in [-0.25, -0.2) is 4.79 Å². The third-order valence-electron chi connectivity index (χ3n) is 5.29. The van der Waals surface area contributed by atoms with Gasteiger partial charge in [0.2, 0.25) is 11.5 Å². The molecule has 4 heterocycles. The Kier molecular flexibility index (Phi) is 8.62. The Bertz CT molecular complexity index is 1250. The smallest absolute Gasteiger partial charge is 0.352 e. The maximum atomic E-state index is 13.0. The summed E-state index contributed by atoms with van der Waals surface area (Å²) >= 11 is 3.58.